The molecule has 3 atom stereocenters. The van der Waals surface area contributed by atoms with Crippen LogP contribution in [0.1, 0.15) is 32.8 Å². The molecule has 2 N–H and O–H groups in total. The topological polar surface area (TPSA) is 50.4 Å². The van der Waals surface area contributed by atoms with Crippen molar-refractivity contribution in [2.24, 2.45) is 0 Å². The van der Waals surface area contributed by atoms with Crippen LogP contribution in [0, 0.1) is 6.92 Å². The quantitative estimate of drug-likeness (QED) is 0.888. The van der Waals surface area contributed by atoms with E-state index in [0.29, 0.717) is 0 Å². The zero-order chi connectivity index (χ0) is 14.8. The highest BCUT2D eigenvalue weighted by Gasteiger charge is 2.38. The number of carbonyl (C=O) groups excluding carboxylic acids is 1. The second-order valence-electron chi connectivity index (χ2n) is 5.90. The number of aryl methyl sites for hydroxylation is 1. The van der Waals surface area contributed by atoms with Crippen molar-refractivity contribution in [2.45, 2.75) is 51.8 Å². The summed E-state index contributed by atoms with van der Waals surface area (Å²) in [4.78, 5) is 12.2. The molecule has 4 nitrogen and oxygen atoms in total. The SMILES string of the molecule is Cc1ccc(NC(=O)C(C)NC2(C)CCOC2C)cc1. The summed E-state index contributed by atoms with van der Waals surface area (Å²) < 4.78 is 5.59. The molecule has 1 aliphatic rings. The van der Waals surface area contributed by atoms with Crippen LogP contribution in [-0.2, 0) is 9.53 Å². The highest BCUT2D eigenvalue weighted by atomic mass is 16.5. The van der Waals surface area contributed by atoms with Gasteiger partial charge in [0.25, 0.3) is 0 Å². The summed E-state index contributed by atoms with van der Waals surface area (Å²) in [6.45, 7) is 8.82. The Balaban J connectivity index is 1.93. The van der Waals surface area contributed by atoms with Crippen LogP contribution in [0.25, 0.3) is 0 Å². The van der Waals surface area contributed by atoms with E-state index >= 15 is 0 Å². The lowest BCUT2D eigenvalue weighted by Crippen LogP contribution is -2.54. The van der Waals surface area contributed by atoms with Crippen molar-refractivity contribution < 1.29 is 9.53 Å². The van der Waals surface area contributed by atoms with Gasteiger partial charge in [0.05, 0.1) is 12.1 Å². The Morgan fingerprint density at radius 1 is 1.40 bits per heavy atom. The van der Waals surface area contributed by atoms with Gasteiger partial charge in [-0.15, -0.1) is 0 Å². The van der Waals surface area contributed by atoms with E-state index in [2.05, 4.69) is 17.6 Å². The van der Waals surface area contributed by atoms with Crippen LogP contribution in [-0.4, -0.2) is 30.2 Å². The molecular formula is C16H24N2O2. The zero-order valence-electron chi connectivity index (χ0n) is 12.7. The van der Waals surface area contributed by atoms with Gasteiger partial charge in [-0.2, -0.15) is 0 Å². The first-order valence-electron chi connectivity index (χ1n) is 7.17. The average molecular weight is 276 g/mol. The molecule has 0 saturated carbocycles. The Hall–Kier alpha value is -1.39. The summed E-state index contributed by atoms with van der Waals surface area (Å²) in [6.07, 6.45) is 1.05. The molecule has 0 aliphatic carbocycles. The van der Waals surface area contributed by atoms with Crippen molar-refractivity contribution in [3.05, 3.63) is 29.8 Å². The molecule has 1 fully saturated rings. The predicted octanol–water partition coefficient (Wildman–Crippen LogP) is 2.48. The van der Waals surface area contributed by atoms with E-state index < -0.39 is 0 Å². The standard InChI is InChI=1S/C16H24N2O2/c1-11-5-7-14(8-6-11)17-15(19)12(2)18-16(4)9-10-20-13(16)3/h5-8,12-13,18H,9-10H2,1-4H3,(H,17,19). The first-order chi connectivity index (χ1) is 9.40. The monoisotopic (exact) mass is 276 g/mol. The summed E-state index contributed by atoms with van der Waals surface area (Å²) >= 11 is 0. The largest absolute Gasteiger partial charge is 0.377 e. The lowest BCUT2D eigenvalue weighted by molar-refractivity contribution is -0.118. The van der Waals surface area contributed by atoms with E-state index in [0.717, 1.165) is 18.7 Å². The normalized spacial score (nSPS) is 27.3. The van der Waals surface area contributed by atoms with Crippen LogP contribution in [0.3, 0.4) is 0 Å². The zero-order valence-corrected chi connectivity index (χ0v) is 12.7. The average Bonchev–Trinajstić information content (AvgIpc) is 2.72. The summed E-state index contributed by atoms with van der Waals surface area (Å²) in [5.74, 6) is -0.0193. The van der Waals surface area contributed by atoms with E-state index in [9.17, 15) is 4.79 Å². The molecule has 0 spiro atoms. The van der Waals surface area contributed by atoms with Crippen molar-refractivity contribution in [2.75, 3.05) is 11.9 Å². The van der Waals surface area contributed by atoms with Gasteiger partial charge in [-0.05, 0) is 46.2 Å². The van der Waals surface area contributed by atoms with Gasteiger partial charge in [0.2, 0.25) is 5.91 Å². The number of hydrogen-bond acceptors (Lipinski definition) is 3. The number of rotatable bonds is 4. The van der Waals surface area contributed by atoms with Gasteiger partial charge < -0.3 is 10.1 Å². The van der Waals surface area contributed by atoms with Crippen LogP contribution in [0.4, 0.5) is 5.69 Å². The molecule has 4 heteroatoms. The number of hydrogen-bond donors (Lipinski definition) is 2. The maximum atomic E-state index is 12.2. The van der Waals surface area contributed by atoms with Gasteiger partial charge in [-0.3, -0.25) is 10.1 Å². The van der Waals surface area contributed by atoms with E-state index in [-0.39, 0.29) is 23.6 Å². The minimum absolute atomic E-state index is 0.0193. The highest BCUT2D eigenvalue weighted by molar-refractivity contribution is 5.94. The molecular weight excluding hydrogens is 252 g/mol. The molecule has 0 aromatic heterocycles. The second-order valence-corrected chi connectivity index (χ2v) is 5.90. The van der Waals surface area contributed by atoms with E-state index in [1.165, 1.54) is 5.56 Å². The van der Waals surface area contributed by atoms with Gasteiger partial charge in [0, 0.05) is 17.8 Å². The Morgan fingerprint density at radius 3 is 2.60 bits per heavy atom. The van der Waals surface area contributed by atoms with Crippen molar-refractivity contribution in [3.8, 4) is 0 Å². The number of anilines is 1. The molecule has 1 aliphatic heterocycles. The number of carbonyl (C=O) groups is 1. The second kappa shape index (κ2) is 5.94. The third kappa shape index (κ3) is 3.38. The number of benzene rings is 1. The van der Waals surface area contributed by atoms with Gasteiger partial charge >= 0.3 is 0 Å². The van der Waals surface area contributed by atoms with Crippen LogP contribution in [0.15, 0.2) is 24.3 Å². The maximum absolute atomic E-state index is 12.2. The van der Waals surface area contributed by atoms with Gasteiger partial charge in [0.1, 0.15) is 0 Å². The summed E-state index contributed by atoms with van der Waals surface area (Å²) in [7, 11) is 0. The van der Waals surface area contributed by atoms with Crippen molar-refractivity contribution >= 4 is 11.6 Å². The summed E-state index contributed by atoms with van der Waals surface area (Å²) in [5.41, 5.74) is 1.87. The number of nitrogens with one attached hydrogen (secondary N) is 2. The van der Waals surface area contributed by atoms with Gasteiger partial charge in [-0.1, -0.05) is 17.7 Å². The minimum atomic E-state index is -0.259. The third-order valence-electron chi connectivity index (χ3n) is 4.15. The molecule has 0 bridgehead atoms. The van der Waals surface area contributed by atoms with Crippen LogP contribution in [0.2, 0.25) is 0 Å². The molecule has 1 aromatic rings. The molecule has 110 valence electrons. The third-order valence-corrected chi connectivity index (χ3v) is 4.15. The molecule has 3 unspecified atom stereocenters. The summed E-state index contributed by atoms with van der Waals surface area (Å²) in [6, 6.07) is 7.56. The molecule has 1 aromatic carbocycles. The first kappa shape index (κ1) is 15.0. The minimum Gasteiger partial charge on any atom is -0.377 e. The molecule has 2 rings (SSSR count). The summed E-state index contributed by atoms with van der Waals surface area (Å²) in [5, 5.41) is 6.33. The van der Waals surface area contributed by atoms with Gasteiger partial charge in [-0.25, -0.2) is 0 Å². The van der Waals surface area contributed by atoms with E-state index in [1.54, 1.807) is 0 Å². The molecule has 20 heavy (non-hydrogen) atoms. The highest BCUT2D eigenvalue weighted by Crippen LogP contribution is 2.25. The molecule has 1 heterocycles. The predicted molar refractivity (Wildman–Crippen MR) is 80.8 cm³/mol. The Kier molecular flexibility index (Phi) is 4.45. The maximum Gasteiger partial charge on any atom is 0.241 e. The van der Waals surface area contributed by atoms with E-state index in [1.807, 2.05) is 45.0 Å². The van der Waals surface area contributed by atoms with Crippen molar-refractivity contribution in [1.29, 1.82) is 0 Å². The lowest BCUT2D eigenvalue weighted by Gasteiger charge is -2.32. The molecule has 0 radical (unpaired) electrons. The fourth-order valence-corrected chi connectivity index (χ4v) is 2.47. The van der Waals surface area contributed by atoms with Crippen molar-refractivity contribution in [1.82, 2.24) is 5.32 Å². The molecule has 1 saturated heterocycles. The van der Waals surface area contributed by atoms with Gasteiger partial charge in [0.15, 0.2) is 0 Å². The Morgan fingerprint density at radius 2 is 2.05 bits per heavy atom. The van der Waals surface area contributed by atoms with Crippen LogP contribution < -0.4 is 10.6 Å². The fraction of sp³-hybridized carbons (Fsp3) is 0.562. The van der Waals surface area contributed by atoms with Crippen molar-refractivity contribution in [3.63, 3.8) is 0 Å². The number of ether oxygens (including phenoxy) is 1. The van der Waals surface area contributed by atoms with E-state index in [4.69, 9.17) is 4.74 Å². The Bertz CT molecular complexity index is 472. The number of amides is 1. The fourth-order valence-electron chi connectivity index (χ4n) is 2.47. The Labute approximate surface area is 120 Å². The van der Waals surface area contributed by atoms with Crippen LogP contribution >= 0.6 is 0 Å². The lowest BCUT2D eigenvalue weighted by atomic mass is 9.93. The first-order valence-corrected chi connectivity index (χ1v) is 7.17. The smallest absolute Gasteiger partial charge is 0.241 e. The van der Waals surface area contributed by atoms with Crippen LogP contribution in [0.5, 0.6) is 0 Å². The molecule has 1 amide bonds.